The smallest absolute Gasteiger partial charge is 0.220 e. The Hall–Kier alpha value is -1.36. The first-order valence-corrected chi connectivity index (χ1v) is 5.66. The molecule has 2 N–H and O–H groups in total. The highest BCUT2D eigenvalue weighted by molar-refractivity contribution is 5.76. The second-order valence-corrected chi connectivity index (χ2v) is 4.38. The largest absolute Gasteiger partial charge is 0.355 e. The molecule has 5 heteroatoms. The van der Waals surface area contributed by atoms with Gasteiger partial charge in [0.15, 0.2) is 0 Å². The van der Waals surface area contributed by atoms with Crippen LogP contribution in [0.3, 0.4) is 0 Å². The highest BCUT2D eigenvalue weighted by Crippen LogP contribution is 2.13. The number of hydrogen-bond donors (Lipinski definition) is 2. The van der Waals surface area contributed by atoms with Gasteiger partial charge in [-0.25, -0.2) is 0 Å². The Morgan fingerprint density at radius 1 is 1.69 bits per heavy atom. The average molecular weight is 222 g/mol. The molecule has 5 nitrogen and oxygen atoms in total. The topological polar surface area (TPSA) is 59.0 Å². The Balaban J connectivity index is 1.87. The van der Waals surface area contributed by atoms with Crippen molar-refractivity contribution in [3.63, 3.8) is 0 Å². The number of aromatic nitrogens is 2. The zero-order chi connectivity index (χ0) is 11.5. The number of nitrogens with zero attached hydrogens (tertiary/aromatic N) is 2. The standard InChI is InChI=1S/C11H18N4O/c1-8(9-5-13-15(2)7-9)14-10-3-4-11(16)12-6-10/h5,7-8,10,14H,3-4,6H2,1-2H3,(H,12,16). The summed E-state index contributed by atoms with van der Waals surface area (Å²) in [7, 11) is 1.91. The zero-order valence-electron chi connectivity index (χ0n) is 9.73. The van der Waals surface area contributed by atoms with Crippen molar-refractivity contribution in [1.29, 1.82) is 0 Å². The van der Waals surface area contributed by atoms with Crippen LogP contribution < -0.4 is 10.6 Å². The normalized spacial score (nSPS) is 22.9. The lowest BCUT2D eigenvalue weighted by molar-refractivity contribution is -0.122. The Morgan fingerprint density at radius 3 is 3.06 bits per heavy atom. The summed E-state index contributed by atoms with van der Waals surface area (Å²) in [6.07, 6.45) is 5.42. The van der Waals surface area contributed by atoms with E-state index in [0.29, 0.717) is 12.5 Å². The summed E-state index contributed by atoms with van der Waals surface area (Å²) in [5, 5.41) is 10.5. The van der Waals surface area contributed by atoms with E-state index in [2.05, 4.69) is 22.7 Å². The first kappa shape index (κ1) is 11.1. The molecule has 0 aromatic carbocycles. The molecule has 1 aromatic rings. The van der Waals surface area contributed by atoms with Gasteiger partial charge in [0.05, 0.1) is 6.20 Å². The van der Waals surface area contributed by atoms with E-state index in [-0.39, 0.29) is 11.9 Å². The molecule has 1 amide bonds. The second kappa shape index (κ2) is 4.65. The number of carbonyl (C=O) groups excluding carboxylic acids is 1. The minimum atomic E-state index is 0.159. The van der Waals surface area contributed by atoms with Crippen molar-refractivity contribution < 1.29 is 4.79 Å². The van der Waals surface area contributed by atoms with E-state index in [1.54, 1.807) is 4.68 Å². The maximum atomic E-state index is 11.0. The van der Waals surface area contributed by atoms with Gasteiger partial charge in [-0.05, 0) is 13.3 Å². The molecule has 16 heavy (non-hydrogen) atoms. The Labute approximate surface area is 95.2 Å². The van der Waals surface area contributed by atoms with Crippen molar-refractivity contribution in [2.45, 2.75) is 31.8 Å². The van der Waals surface area contributed by atoms with E-state index >= 15 is 0 Å². The van der Waals surface area contributed by atoms with E-state index in [1.165, 1.54) is 5.56 Å². The lowest BCUT2D eigenvalue weighted by Gasteiger charge is -2.26. The quantitative estimate of drug-likeness (QED) is 0.776. The summed E-state index contributed by atoms with van der Waals surface area (Å²) < 4.78 is 1.80. The van der Waals surface area contributed by atoms with Gasteiger partial charge in [-0.1, -0.05) is 0 Å². The predicted octanol–water partition coefficient (Wildman–Crippen LogP) is 0.349. The molecule has 0 bridgehead atoms. The molecule has 1 aliphatic rings. The average Bonchev–Trinajstić information content (AvgIpc) is 2.68. The maximum Gasteiger partial charge on any atom is 0.220 e. The van der Waals surface area contributed by atoms with Gasteiger partial charge in [0.2, 0.25) is 5.91 Å². The number of hydrogen-bond acceptors (Lipinski definition) is 3. The van der Waals surface area contributed by atoms with Crippen molar-refractivity contribution >= 4 is 5.91 Å². The second-order valence-electron chi connectivity index (χ2n) is 4.38. The molecule has 0 radical (unpaired) electrons. The minimum Gasteiger partial charge on any atom is -0.355 e. The third-order valence-electron chi connectivity index (χ3n) is 2.98. The minimum absolute atomic E-state index is 0.159. The van der Waals surface area contributed by atoms with Crippen LogP contribution in [-0.4, -0.2) is 28.3 Å². The molecule has 0 saturated carbocycles. The molecular weight excluding hydrogens is 204 g/mol. The van der Waals surface area contributed by atoms with Crippen LogP contribution in [0, 0.1) is 0 Å². The Morgan fingerprint density at radius 2 is 2.50 bits per heavy atom. The predicted molar refractivity (Wildman–Crippen MR) is 60.8 cm³/mol. The molecule has 2 rings (SSSR count). The van der Waals surface area contributed by atoms with Crippen LogP contribution in [0.1, 0.15) is 31.4 Å². The first-order valence-electron chi connectivity index (χ1n) is 5.66. The monoisotopic (exact) mass is 222 g/mol. The summed E-state index contributed by atoms with van der Waals surface area (Å²) in [6.45, 7) is 2.84. The van der Waals surface area contributed by atoms with Crippen LogP contribution in [0.5, 0.6) is 0 Å². The van der Waals surface area contributed by atoms with E-state index in [1.807, 2.05) is 19.4 Å². The van der Waals surface area contributed by atoms with E-state index < -0.39 is 0 Å². The van der Waals surface area contributed by atoms with Crippen LogP contribution in [0.25, 0.3) is 0 Å². The van der Waals surface area contributed by atoms with Crippen LogP contribution in [0.4, 0.5) is 0 Å². The Bertz CT molecular complexity index is 364. The van der Waals surface area contributed by atoms with Crippen molar-refractivity contribution in [2.75, 3.05) is 6.54 Å². The molecule has 2 heterocycles. The number of amides is 1. The first-order chi connectivity index (χ1) is 7.65. The van der Waals surface area contributed by atoms with Crippen LogP contribution in [0.15, 0.2) is 12.4 Å². The number of aryl methyl sites for hydroxylation is 1. The Kier molecular flexibility index (Phi) is 3.24. The number of piperidine rings is 1. The van der Waals surface area contributed by atoms with Gasteiger partial charge >= 0.3 is 0 Å². The van der Waals surface area contributed by atoms with Crippen molar-refractivity contribution in [3.8, 4) is 0 Å². The molecule has 1 aromatic heterocycles. The third-order valence-corrected chi connectivity index (χ3v) is 2.98. The lowest BCUT2D eigenvalue weighted by atomic mass is 10.0. The van der Waals surface area contributed by atoms with Crippen LogP contribution in [-0.2, 0) is 11.8 Å². The molecule has 1 fully saturated rings. The lowest BCUT2D eigenvalue weighted by Crippen LogP contribution is -2.46. The number of rotatable bonds is 3. The number of carbonyl (C=O) groups is 1. The van der Waals surface area contributed by atoms with Gasteiger partial charge in [0, 0.05) is 43.9 Å². The molecule has 88 valence electrons. The third kappa shape index (κ3) is 2.61. The summed E-state index contributed by atoms with van der Waals surface area (Å²) in [6, 6.07) is 0.640. The fourth-order valence-electron chi connectivity index (χ4n) is 1.99. The van der Waals surface area contributed by atoms with Gasteiger partial charge in [0.1, 0.15) is 0 Å². The molecule has 1 saturated heterocycles. The highest BCUT2D eigenvalue weighted by atomic mass is 16.1. The van der Waals surface area contributed by atoms with Crippen molar-refractivity contribution in [1.82, 2.24) is 20.4 Å². The van der Waals surface area contributed by atoms with E-state index in [0.717, 1.165) is 13.0 Å². The highest BCUT2D eigenvalue weighted by Gasteiger charge is 2.20. The summed E-state index contributed by atoms with van der Waals surface area (Å²) in [5.41, 5.74) is 1.18. The van der Waals surface area contributed by atoms with Gasteiger partial charge < -0.3 is 10.6 Å². The van der Waals surface area contributed by atoms with Crippen LogP contribution >= 0.6 is 0 Å². The molecule has 0 aliphatic carbocycles. The zero-order valence-corrected chi connectivity index (χ0v) is 9.73. The fourth-order valence-corrected chi connectivity index (χ4v) is 1.99. The molecule has 0 spiro atoms. The summed E-state index contributed by atoms with van der Waals surface area (Å²) in [5.74, 6) is 0.159. The van der Waals surface area contributed by atoms with Crippen molar-refractivity contribution in [3.05, 3.63) is 18.0 Å². The summed E-state index contributed by atoms with van der Waals surface area (Å²) in [4.78, 5) is 11.0. The van der Waals surface area contributed by atoms with E-state index in [9.17, 15) is 4.79 Å². The SMILES string of the molecule is CC(NC1CCC(=O)NC1)c1cnn(C)c1. The number of nitrogens with one attached hydrogen (secondary N) is 2. The maximum absolute atomic E-state index is 11.0. The van der Waals surface area contributed by atoms with Gasteiger partial charge in [-0.2, -0.15) is 5.10 Å². The van der Waals surface area contributed by atoms with Crippen LogP contribution in [0.2, 0.25) is 0 Å². The van der Waals surface area contributed by atoms with Crippen molar-refractivity contribution in [2.24, 2.45) is 7.05 Å². The van der Waals surface area contributed by atoms with E-state index in [4.69, 9.17) is 0 Å². The molecule has 2 atom stereocenters. The molecule has 1 aliphatic heterocycles. The molecule has 2 unspecified atom stereocenters. The molecular formula is C11H18N4O. The van der Waals surface area contributed by atoms with Gasteiger partial charge in [-0.3, -0.25) is 9.48 Å². The van der Waals surface area contributed by atoms with Gasteiger partial charge in [-0.15, -0.1) is 0 Å². The van der Waals surface area contributed by atoms with Gasteiger partial charge in [0.25, 0.3) is 0 Å². The summed E-state index contributed by atoms with van der Waals surface area (Å²) >= 11 is 0. The fraction of sp³-hybridized carbons (Fsp3) is 0.636.